The van der Waals surface area contributed by atoms with Crippen LogP contribution >= 0.6 is 20.0 Å². The minimum Gasteiger partial charge on any atom is -0.591 e. The summed E-state index contributed by atoms with van der Waals surface area (Å²) in [4.78, 5) is 36.0. The number of ether oxygens (including phenoxy) is 1. The van der Waals surface area contributed by atoms with Crippen LogP contribution in [0.15, 0.2) is 17.1 Å². The molecule has 1 atom stereocenters. The van der Waals surface area contributed by atoms with E-state index < -0.39 is 8.03 Å². The molecule has 4 rings (SSSR count). The molecule has 12 heteroatoms. The lowest BCUT2D eigenvalue weighted by atomic mass is 10.1. The van der Waals surface area contributed by atoms with Gasteiger partial charge in [-0.25, -0.2) is 9.97 Å². The maximum absolute atomic E-state index is 13.0. The Kier molecular flexibility index (Phi) is 6.90. The summed E-state index contributed by atoms with van der Waals surface area (Å²) in [5.74, 6) is 0.425. The molecule has 4 heterocycles. The van der Waals surface area contributed by atoms with Crippen molar-refractivity contribution in [3.05, 3.63) is 28.3 Å². The van der Waals surface area contributed by atoms with Crippen LogP contribution in [0, 0.1) is 0 Å². The zero-order valence-corrected chi connectivity index (χ0v) is 19.9. The summed E-state index contributed by atoms with van der Waals surface area (Å²) in [6, 6.07) is 1.63. The van der Waals surface area contributed by atoms with Crippen LogP contribution in [0.5, 0.6) is 5.88 Å². The van der Waals surface area contributed by atoms with Gasteiger partial charge in [0.05, 0.1) is 30.1 Å². The van der Waals surface area contributed by atoms with E-state index in [1.807, 2.05) is 11.6 Å². The first-order valence-electron chi connectivity index (χ1n) is 10.5. The number of hydrogen-bond donors (Lipinski definition) is 1. The summed E-state index contributed by atoms with van der Waals surface area (Å²) in [6.07, 6.45) is 5.87. The summed E-state index contributed by atoms with van der Waals surface area (Å²) in [5, 5.41) is 4.66. The van der Waals surface area contributed by atoms with E-state index in [1.54, 1.807) is 18.9 Å². The summed E-state index contributed by atoms with van der Waals surface area (Å²) in [6.45, 7) is 6.08. The van der Waals surface area contributed by atoms with Crippen molar-refractivity contribution < 1.29 is 14.2 Å². The van der Waals surface area contributed by atoms with Crippen LogP contribution in [0.25, 0.3) is 22.4 Å². The van der Waals surface area contributed by atoms with Gasteiger partial charge in [-0.2, -0.15) is 5.10 Å². The van der Waals surface area contributed by atoms with Crippen molar-refractivity contribution in [2.45, 2.75) is 39.2 Å². The number of hydrogen-bond acceptors (Lipinski definition) is 9. The molecule has 32 heavy (non-hydrogen) atoms. The number of pyridine rings is 1. The summed E-state index contributed by atoms with van der Waals surface area (Å²) >= 11 is 1.74. The van der Waals surface area contributed by atoms with Gasteiger partial charge in [-0.1, -0.05) is 23.4 Å². The lowest BCUT2D eigenvalue weighted by Crippen LogP contribution is -2.30. The molecule has 0 radical (unpaired) electrons. The van der Waals surface area contributed by atoms with Gasteiger partial charge in [-0.15, -0.1) is 0 Å². The molecular weight excluding hydrogens is 451 g/mol. The van der Waals surface area contributed by atoms with E-state index in [1.165, 1.54) is 12.3 Å². The lowest BCUT2D eigenvalue weighted by molar-refractivity contribution is -0.160. The molecule has 0 amide bonds. The van der Waals surface area contributed by atoms with Gasteiger partial charge in [0.15, 0.2) is 5.52 Å². The maximum atomic E-state index is 13.0. The number of rotatable bonds is 7. The molecule has 0 aliphatic carbocycles. The molecule has 0 aromatic carbocycles. The average molecular weight is 476 g/mol. The lowest BCUT2D eigenvalue weighted by Gasteiger charge is -2.30. The highest BCUT2D eigenvalue weighted by Gasteiger charge is 2.26. The number of nitrogens with zero attached hydrogens (tertiary/aromatic N) is 5. The van der Waals surface area contributed by atoms with E-state index in [0.717, 1.165) is 31.6 Å². The molecule has 1 aliphatic heterocycles. The van der Waals surface area contributed by atoms with E-state index in [2.05, 4.69) is 25.6 Å². The number of nitrogens with one attached hydrogen (secondary N) is 1. The molecule has 0 bridgehead atoms. The van der Waals surface area contributed by atoms with Crippen LogP contribution in [0.1, 0.15) is 38.4 Å². The van der Waals surface area contributed by atoms with Gasteiger partial charge in [0.25, 0.3) is 5.56 Å². The number of aromatic amines is 1. The van der Waals surface area contributed by atoms with E-state index in [4.69, 9.17) is 9.72 Å². The van der Waals surface area contributed by atoms with Gasteiger partial charge in [0, 0.05) is 19.2 Å². The zero-order valence-electron chi connectivity index (χ0n) is 18.2. The first-order chi connectivity index (χ1) is 15.5. The SMILES string of the molecule is CCOc1ncc([P+](=O)[O-])cc1-c1nc2c(CC)n(C3CCN(SC)CC3)nc2c(=O)[nH]1. The molecular formula is C20H25N6O4PS. The van der Waals surface area contributed by atoms with E-state index >= 15 is 0 Å². The standard InChI is InChI=1S/C20H25N6O4PS/c1-4-15-16-17(24-26(15)12-6-8-25(32-3)9-7-12)19(27)23-18(22-16)14-10-13(31(28)29)11-21-20(14)30-5-2/h10-12H,4-9H2,1-3H3,(H,22,23,27). The second kappa shape index (κ2) is 9.66. The number of aromatic nitrogens is 5. The second-order valence-corrected chi connectivity index (χ2v) is 9.35. The van der Waals surface area contributed by atoms with Crippen LogP contribution < -0.4 is 20.5 Å². The Labute approximate surface area is 190 Å². The van der Waals surface area contributed by atoms with Crippen molar-refractivity contribution in [2.75, 3.05) is 26.0 Å². The number of fused-ring (bicyclic) bond motifs is 1. The molecule has 0 spiro atoms. The van der Waals surface area contributed by atoms with Gasteiger partial charge < -0.3 is 14.6 Å². The van der Waals surface area contributed by atoms with Crippen LogP contribution in [0.2, 0.25) is 0 Å². The quantitative estimate of drug-likeness (QED) is 0.401. The Morgan fingerprint density at radius 1 is 1.31 bits per heavy atom. The topological polar surface area (TPSA) is 129 Å². The summed E-state index contributed by atoms with van der Waals surface area (Å²) in [7, 11) is -2.85. The molecule has 1 fully saturated rings. The normalized spacial score (nSPS) is 15.9. The van der Waals surface area contributed by atoms with Gasteiger partial charge >= 0.3 is 8.03 Å². The predicted octanol–water partition coefficient (Wildman–Crippen LogP) is 1.79. The van der Waals surface area contributed by atoms with Crippen LogP contribution in [-0.2, 0) is 11.0 Å². The van der Waals surface area contributed by atoms with E-state index in [-0.39, 0.29) is 34.1 Å². The van der Waals surface area contributed by atoms with Gasteiger partial charge in [-0.05, 0) is 32.4 Å². The predicted molar refractivity (Wildman–Crippen MR) is 123 cm³/mol. The van der Waals surface area contributed by atoms with Gasteiger partial charge in [0.2, 0.25) is 11.2 Å². The van der Waals surface area contributed by atoms with Crippen LogP contribution in [0.3, 0.4) is 0 Å². The van der Waals surface area contributed by atoms with Crippen molar-refractivity contribution in [2.24, 2.45) is 0 Å². The Balaban J connectivity index is 1.83. The highest BCUT2D eigenvalue weighted by molar-refractivity contribution is 7.96. The van der Waals surface area contributed by atoms with Crippen molar-refractivity contribution in [3.63, 3.8) is 0 Å². The highest BCUT2D eigenvalue weighted by Crippen LogP contribution is 2.30. The van der Waals surface area contributed by atoms with Crippen molar-refractivity contribution in [3.8, 4) is 17.3 Å². The Morgan fingerprint density at radius 2 is 2.06 bits per heavy atom. The van der Waals surface area contributed by atoms with E-state index in [0.29, 0.717) is 24.1 Å². The fraction of sp³-hybridized carbons (Fsp3) is 0.500. The Morgan fingerprint density at radius 3 is 2.69 bits per heavy atom. The Bertz CT molecular complexity index is 1200. The molecule has 1 aliphatic rings. The van der Waals surface area contributed by atoms with Gasteiger partial charge in [0.1, 0.15) is 11.3 Å². The number of H-pyrrole nitrogens is 1. The molecule has 1 N–H and O–H groups in total. The summed E-state index contributed by atoms with van der Waals surface area (Å²) in [5.41, 5.74) is 1.66. The molecule has 10 nitrogen and oxygen atoms in total. The molecule has 1 saturated heterocycles. The molecule has 0 saturated carbocycles. The third-order valence-corrected chi connectivity index (χ3v) is 7.15. The first-order valence-corrected chi connectivity index (χ1v) is 12.9. The van der Waals surface area contributed by atoms with Gasteiger partial charge in [-0.3, -0.25) is 13.8 Å². The second-order valence-electron chi connectivity index (χ2n) is 7.44. The minimum absolute atomic E-state index is 0.0214. The monoisotopic (exact) mass is 476 g/mol. The fourth-order valence-corrected chi connectivity index (χ4v) is 4.99. The highest BCUT2D eigenvalue weighted by atomic mass is 32.2. The minimum atomic E-state index is -2.85. The molecule has 3 aromatic heterocycles. The maximum Gasteiger partial charge on any atom is 0.350 e. The first kappa shape index (κ1) is 22.8. The number of aryl methyl sites for hydroxylation is 1. The van der Waals surface area contributed by atoms with Crippen LogP contribution in [-0.4, -0.2) is 55.0 Å². The molecule has 1 unspecified atom stereocenters. The third-order valence-electron chi connectivity index (χ3n) is 5.60. The van der Waals surface area contributed by atoms with Crippen LogP contribution in [0.4, 0.5) is 0 Å². The van der Waals surface area contributed by atoms with Crippen molar-refractivity contribution in [1.29, 1.82) is 0 Å². The molecule has 3 aromatic rings. The largest absolute Gasteiger partial charge is 0.591 e. The number of piperidine rings is 1. The third kappa shape index (κ3) is 4.30. The smallest absolute Gasteiger partial charge is 0.350 e. The van der Waals surface area contributed by atoms with Crippen molar-refractivity contribution >= 4 is 36.3 Å². The zero-order chi connectivity index (χ0) is 22.8. The Hall–Kier alpha value is -2.33. The average Bonchev–Trinajstić information content (AvgIpc) is 3.18. The van der Waals surface area contributed by atoms with Crippen molar-refractivity contribution in [1.82, 2.24) is 29.0 Å². The fourth-order valence-electron chi connectivity index (χ4n) is 4.03. The van der Waals surface area contributed by atoms with E-state index in [9.17, 15) is 14.3 Å². The molecule has 170 valence electrons. The summed E-state index contributed by atoms with van der Waals surface area (Å²) < 4.78 is 21.3.